The Bertz CT molecular complexity index is 393. The summed E-state index contributed by atoms with van der Waals surface area (Å²) in [6.45, 7) is 4.05. The van der Waals surface area contributed by atoms with Gasteiger partial charge in [-0.25, -0.2) is 4.39 Å². The Morgan fingerprint density at radius 2 is 2.24 bits per heavy atom. The van der Waals surface area contributed by atoms with Gasteiger partial charge in [-0.15, -0.1) is 0 Å². The molecule has 17 heavy (non-hydrogen) atoms. The minimum atomic E-state index is -0.369. The van der Waals surface area contributed by atoms with Gasteiger partial charge in [0.15, 0.2) is 0 Å². The van der Waals surface area contributed by atoms with Crippen molar-refractivity contribution in [3.63, 3.8) is 0 Å². The first kappa shape index (κ1) is 13.6. The van der Waals surface area contributed by atoms with Gasteiger partial charge in [0.25, 0.3) is 0 Å². The maximum atomic E-state index is 13.6. The van der Waals surface area contributed by atoms with Crippen LogP contribution in [0.25, 0.3) is 0 Å². The highest BCUT2D eigenvalue weighted by Crippen LogP contribution is 2.18. The number of halogens is 1. The molecule has 1 aromatic rings. The zero-order chi connectivity index (χ0) is 12.8. The van der Waals surface area contributed by atoms with E-state index in [0.717, 1.165) is 12.8 Å². The average molecular weight is 238 g/mol. The van der Waals surface area contributed by atoms with Gasteiger partial charge in [-0.3, -0.25) is 4.79 Å². The molecule has 0 aliphatic rings. The summed E-state index contributed by atoms with van der Waals surface area (Å²) in [6.07, 6.45) is 1.51. The summed E-state index contributed by atoms with van der Waals surface area (Å²) in [5.41, 5.74) is 6.15. The molecule has 1 rings (SSSR count). The molecule has 0 fully saturated rings. The van der Waals surface area contributed by atoms with Crippen molar-refractivity contribution in [2.45, 2.75) is 26.7 Å². The lowest BCUT2D eigenvalue weighted by Crippen LogP contribution is -2.21. The van der Waals surface area contributed by atoms with E-state index in [1.54, 1.807) is 25.1 Å². The molecule has 3 N–H and O–H groups in total. The van der Waals surface area contributed by atoms with Crippen molar-refractivity contribution in [2.24, 2.45) is 11.7 Å². The predicted molar refractivity (Wildman–Crippen MR) is 67.2 cm³/mol. The van der Waals surface area contributed by atoms with Crippen molar-refractivity contribution >= 4 is 11.6 Å². The van der Waals surface area contributed by atoms with E-state index < -0.39 is 0 Å². The number of benzene rings is 1. The fourth-order valence-electron chi connectivity index (χ4n) is 1.56. The lowest BCUT2D eigenvalue weighted by molar-refractivity contribution is -0.119. The summed E-state index contributed by atoms with van der Waals surface area (Å²) < 4.78 is 13.6. The van der Waals surface area contributed by atoms with E-state index in [0.29, 0.717) is 12.1 Å². The quantitative estimate of drug-likeness (QED) is 0.827. The number of amides is 1. The molecule has 1 amide bonds. The van der Waals surface area contributed by atoms with E-state index in [2.05, 4.69) is 5.32 Å². The third-order valence-electron chi connectivity index (χ3n) is 2.74. The van der Waals surface area contributed by atoms with Crippen LogP contribution in [0.1, 0.15) is 25.3 Å². The first-order valence-corrected chi connectivity index (χ1v) is 5.82. The Morgan fingerprint density at radius 3 is 2.88 bits per heavy atom. The normalized spacial score (nSPS) is 12.2. The van der Waals surface area contributed by atoms with E-state index in [9.17, 15) is 9.18 Å². The highest BCUT2D eigenvalue weighted by atomic mass is 19.1. The molecule has 94 valence electrons. The number of carbonyl (C=O) groups is 1. The molecule has 0 heterocycles. The molecule has 0 saturated heterocycles. The highest BCUT2D eigenvalue weighted by Gasteiger charge is 2.14. The standard InChI is InChI=1S/C13H19FN2O/c1-9-5-3-7-11(12(9)14)16-13(17)10(2)6-4-8-15/h3,5,7,10H,4,6,8,15H2,1-2H3,(H,16,17). The van der Waals surface area contributed by atoms with Gasteiger partial charge in [0, 0.05) is 5.92 Å². The minimum Gasteiger partial charge on any atom is -0.330 e. The minimum absolute atomic E-state index is 0.154. The molecule has 0 aliphatic heterocycles. The van der Waals surface area contributed by atoms with Crippen molar-refractivity contribution in [1.82, 2.24) is 0 Å². The fourth-order valence-corrected chi connectivity index (χ4v) is 1.56. The zero-order valence-electron chi connectivity index (χ0n) is 10.3. The van der Waals surface area contributed by atoms with Gasteiger partial charge in [0.1, 0.15) is 5.82 Å². The van der Waals surface area contributed by atoms with Crippen LogP contribution in [0, 0.1) is 18.7 Å². The molecule has 0 spiro atoms. The Balaban J connectivity index is 2.64. The summed E-state index contributed by atoms with van der Waals surface area (Å²) in [5, 5.41) is 2.60. The van der Waals surface area contributed by atoms with Gasteiger partial charge in [0.2, 0.25) is 5.91 Å². The second-order valence-corrected chi connectivity index (χ2v) is 4.26. The molecule has 1 aromatic carbocycles. The first-order valence-electron chi connectivity index (χ1n) is 5.82. The van der Waals surface area contributed by atoms with Gasteiger partial charge in [0.05, 0.1) is 5.69 Å². The largest absolute Gasteiger partial charge is 0.330 e. The summed E-state index contributed by atoms with van der Waals surface area (Å²) >= 11 is 0. The third kappa shape index (κ3) is 3.82. The number of nitrogens with two attached hydrogens (primary N) is 1. The van der Waals surface area contributed by atoms with E-state index in [-0.39, 0.29) is 23.3 Å². The van der Waals surface area contributed by atoms with E-state index in [4.69, 9.17) is 5.73 Å². The van der Waals surface area contributed by atoms with Gasteiger partial charge in [-0.2, -0.15) is 0 Å². The van der Waals surface area contributed by atoms with Gasteiger partial charge < -0.3 is 11.1 Å². The summed E-state index contributed by atoms with van der Waals surface area (Å²) in [5.74, 6) is -0.687. The molecule has 0 bridgehead atoms. The number of anilines is 1. The number of rotatable bonds is 5. The Kier molecular flexibility index (Phi) is 5.10. The van der Waals surface area contributed by atoms with Crippen LogP contribution in [-0.2, 0) is 4.79 Å². The molecule has 4 heteroatoms. The molecule has 1 atom stereocenters. The number of hydrogen-bond acceptors (Lipinski definition) is 2. The predicted octanol–water partition coefficient (Wildman–Crippen LogP) is 2.45. The smallest absolute Gasteiger partial charge is 0.227 e. The van der Waals surface area contributed by atoms with Crippen molar-refractivity contribution in [3.8, 4) is 0 Å². The summed E-state index contributed by atoms with van der Waals surface area (Å²) in [6, 6.07) is 4.96. The number of nitrogens with one attached hydrogen (secondary N) is 1. The fraction of sp³-hybridized carbons (Fsp3) is 0.462. The number of carbonyl (C=O) groups excluding carboxylic acids is 1. The van der Waals surface area contributed by atoms with Crippen molar-refractivity contribution < 1.29 is 9.18 Å². The van der Waals surface area contributed by atoms with Crippen LogP contribution < -0.4 is 11.1 Å². The van der Waals surface area contributed by atoms with Crippen LogP contribution in [0.15, 0.2) is 18.2 Å². The van der Waals surface area contributed by atoms with Crippen molar-refractivity contribution in [1.29, 1.82) is 0 Å². The van der Waals surface area contributed by atoms with E-state index in [1.807, 2.05) is 6.92 Å². The topological polar surface area (TPSA) is 55.1 Å². The van der Waals surface area contributed by atoms with Crippen molar-refractivity contribution in [3.05, 3.63) is 29.6 Å². The summed E-state index contributed by atoms with van der Waals surface area (Å²) in [4.78, 5) is 11.8. The van der Waals surface area contributed by atoms with Gasteiger partial charge >= 0.3 is 0 Å². The van der Waals surface area contributed by atoms with Gasteiger partial charge in [-0.1, -0.05) is 19.1 Å². The molecular weight excluding hydrogens is 219 g/mol. The summed E-state index contributed by atoms with van der Waals surface area (Å²) in [7, 11) is 0. The maximum Gasteiger partial charge on any atom is 0.227 e. The second kappa shape index (κ2) is 6.35. The van der Waals surface area contributed by atoms with Crippen LogP contribution in [0.2, 0.25) is 0 Å². The van der Waals surface area contributed by atoms with E-state index >= 15 is 0 Å². The lowest BCUT2D eigenvalue weighted by Gasteiger charge is -2.12. The highest BCUT2D eigenvalue weighted by molar-refractivity contribution is 5.92. The van der Waals surface area contributed by atoms with Crippen LogP contribution in [-0.4, -0.2) is 12.5 Å². The molecular formula is C13H19FN2O. The molecule has 0 radical (unpaired) electrons. The van der Waals surface area contributed by atoms with Crippen LogP contribution in [0.3, 0.4) is 0 Å². The molecule has 0 aromatic heterocycles. The lowest BCUT2D eigenvalue weighted by atomic mass is 10.0. The molecule has 3 nitrogen and oxygen atoms in total. The number of hydrogen-bond donors (Lipinski definition) is 2. The van der Waals surface area contributed by atoms with Crippen LogP contribution in [0.5, 0.6) is 0 Å². The monoisotopic (exact) mass is 238 g/mol. The SMILES string of the molecule is Cc1cccc(NC(=O)C(C)CCCN)c1F. The van der Waals surface area contributed by atoms with Crippen molar-refractivity contribution in [2.75, 3.05) is 11.9 Å². The first-order chi connectivity index (χ1) is 8.06. The molecule has 0 aliphatic carbocycles. The Labute approximate surface area is 101 Å². The number of aryl methyl sites for hydroxylation is 1. The van der Waals surface area contributed by atoms with Gasteiger partial charge in [-0.05, 0) is 37.9 Å². The zero-order valence-corrected chi connectivity index (χ0v) is 10.3. The Hall–Kier alpha value is -1.42. The third-order valence-corrected chi connectivity index (χ3v) is 2.74. The van der Waals surface area contributed by atoms with E-state index in [1.165, 1.54) is 0 Å². The van der Waals surface area contributed by atoms with Crippen LogP contribution >= 0.6 is 0 Å². The molecule has 0 saturated carbocycles. The maximum absolute atomic E-state index is 13.6. The average Bonchev–Trinajstić information content (AvgIpc) is 2.31. The van der Waals surface area contributed by atoms with Crippen LogP contribution in [0.4, 0.5) is 10.1 Å². The second-order valence-electron chi connectivity index (χ2n) is 4.26. The Morgan fingerprint density at radius 1 is 1.53 bits per heavy atom. The molecule has 1 unspecified atom stereocenters.